The van der Waals surface area contributed by atoms with Gasteiger partial charge in [-0.15, -0.1) is 0 Å². The summed E-state index contributed by atoms with van der Waals surface area (Å²) in [6, 6.07) is 3.56. The summed E-state index contributed by atoms with van der Waals surface area (Å²) < 4.78 is 11.3. The Morgan fingerprint density at radius 3 is 2.67 bits per heavy atom. The SMILES string of the molecule is COc1ccc(Cl)c(CON)c1OC1CCCC1. The molecule has 0 radical (unpaired) electrons. The maximum absolute atomic E-state index is 6.15. The van der Waals surface area contributed by atoms with Crippen LogP contribution in [0.25, 0.3) is 0 Å². The molecule has 0 spiro atoms. The summed E-state index contributed by atoms with van der Waals surface area (Å²) in [5.74, 6) is 6.46. The fourth-order valence-electron chi connectivity index (χ4n) is 2.26. The van der Waals surface area contributed by atoms with Crippen LogP contribution in [0.4, 0.5) is 0 Å². The predicted molar refractivity (Wildman–Crippen MR) is 69.9 cm³/mol. The molecule has 0 amide bonds. The first-order chi connectivity index (χ1) is 8.76. The Bertz CT molecular complexity index is 405. The van der Waals surface area contributed by atoms with E-state index < -0.39 is 0 Å². The van der Waals surface area contributed by atoms with Crippen molar-refractivity contribution < 1.29 is 14.3 Å². The smallest absolute Gasteiger partial charge is 0.168 e. The highest BCUT2D eigenvalue weighted by atomic mass is 35.5. The molecular formula is C13H18ClNO3. The van der Waals surface area contributed by atoms with Gasteiger partial charge in [0, 0.05) is 5.56 Å². The van der Waals surface area contributed by atoms with Gasteiger partial charge in [0.2, 0.25) is 0 Å². The maximum atomic E-state index is 6.15. The number of benzene rings is 1. The Morgan fingerprint density at radius 2 is 2.06 bits per heavy atom. The van der Waals surface area contributed by atoms with Crippen LogP contribution in [-0.4, -0.2) is 13.2 Å². The lowest BCUT2D eigenvalue weighted by atomic mass is 10.2. The van der Waals surface area contributed by atoms with E-state index in [4.69, 9.17) is 31.8 Å². The summed E-state index contributed by atoms with van der Waals surface area (Å²) >= 11 is 6.15. The molecule has 0 bridgehead atoms. The normalized spacial score (nSPS) is 15.9. The zero-order valence-electron chi connectivity index (χ0n) is 10.4. The topological polar surface area (TPSA) is 53.7 Å². The molecule has 1 aromatic rings. The molecule has 0 heterocycles. The minimum Gasteiger partial charge on any atom is -0.493 e. The van der Waals surface area contributed by atoms with Gasteiger partial charge in [-0.05, 0) is 37.8 Å². The first-order valence-electron chi connectivity index (χ1n) is 6.10. The van der Waals surface area contributed by atoms with Crippen molar-refractivity contribution in [2.45, 2.75) is 38.4 Å². The molecule has 0 saturated heterocycles. The van der Waals surface area contributed by atoms with E-state index in [1.807, 2.05) is 0 Å². The molecule has 1 aromatic carbocycles. The summed E-state index contributed by atoms with van der Waals surface area (Å²) in [5.41, 5.74) is 0.741. The highest BCUT2D eigenvalue weighted by molar-refractivity contribution is 6.31. The average molecular weight is 272 g/mol. The summed E-state index contributed by atoms with van der Waals surface area (Å²) in [6.45, 7) is 0.206. The fraction of sp³-hybridized carbons (Fsp3) is 0.538. The van der Waals surface area contributed by atoms with Crippen molar-refractivity contribution in [3.05, 3.63) is 22.7 Å². The van der Waals surface area contributed by atoms with E-state index in [-0.39, 0.29) is 12.7 Å². The number of rotatable bonds is 5. The van der Waals surface area contributed by atoms with E-state index >= 15 is 0 Å². The van der Waals surface area contributed by atoms with Crippen LogP contribution in [0.2, 0.25) is 5.02 Å². The molecule has 1 fully saturated rings. The first kappa shape index (κ1) is 13.5. The minimum atomic E-state index is 0.206. The molecule has 1 aliphatic carbocycles. The molecule has 0 aromatic heterocycles. The third-order valence-electron chi connectivity index (χ3n) is 3.20. The van der Waals surface area contributed by atoms with Crippen molar-refractivity contribution in [2.75, 3.05) is 7.11 Å². The number of hydrogen-bond acceptors (Lipinski definition) is 4. The summed E-state index contributed by atoms with van der Waals surface area (Å²) in [6.07, 6.45) is 4.78. The van der Waals surface area contributed by atoms with Gasteiger partial charge < -0.3 is 9.47 Å². The van der Waals surface area contributed by atoms with Gasteiger partial charge in [0.1, 0.15) is 0 Å². The Balaban J connectivity index is 2.30. The largest absolute Gasteiger partial charge is 0.493 e. The van der Waals surface area contributed by atoms with Crippen molar-refractivity contribution in [1.82, 2.24) is 0 Å². The molecule has 5 heteroatoms. The lowest BCUT2D eigenvalue weighted by Crippen LogP contribution is -2.14. The van der Waals surface area contributed by atoms with Gasteiger partial charge in [0.05, 0.1) is 24.8 Å². The van der Waals surface area contributed by atoms with Crippen molar-refractivity contribution in [3.63, 3.8) is 0 Å². The van der Waals surface area contributed by atoms with Crippen LogP contribution < -0.4 is 15.4 Å². The number of halogens is 1. The van der Waals surface area contributed by atoms with Crippen molar-refractivity contribution in [2.24, 2.45) is 5.90 Å². The molecule has 0 unspecified atom stereocenters. The third kappa shape index (κ3) is 2.88. The second kappa shape index (κ2) is 6.27. The standard InChI is InChI=1S/C13H18ClNO3/c1-16-12-7-6-11(14)10(8-17-15)13(12)18-9-4-2-3-5-9/h6-7,9H,2-5,8,15H2,1H3. The zero-order valence-corrected chi connectivity index (χ0v) is 11.2. The van der Waals surface area contributed by atoms with Gasteiger partial charge >= 0.3 is 0 Å². The van der Waals surface area contributed by atoms with Crippen LogP contribution in [0.5, 0.6) is 11.5 Å². The lowest BCUT2D eigenvalue weighted by molar-refractivity contribution is 0.117. The van der Waals surface area contributed by atoms with E-state index in [2.05, 4.69) is 0 Å². The van der Waals surface area contributed by atoms with Crippen molar-refractivity contribution >= 4 is 11.6 Å². The van der Waals surface area contributed by atoms with Crippen LogP contribution in [0.1, 0.15) is 31.2 Å². The summed E-state index contributed by atoms with van der Waals surface area (Å²) in [5, 5.41) is 0.578. The fourth-order valence-corrected chi connectivity index (χ4v) is 2.47. The van der Waals surface area contributed by atoms with Crippen LogP contribution >= 0.6 is 11.6 Å². The van der Waals surface area contributed by atoms with Crippen molar-refractivity contribution in [1.29, 1.82) is 0 Å². The average Bonchev–Trinajstić information content (AvgIpc) is 2.87. The number of hydrogen-bond donors (Lipinski definition) is 1. The Labute approximate surface area is 112 Å². The van der Waals surface area contributed by atoms with Gasteiger partial charge in [-0.1, -0.05) is 11.6 Å². The zero-order chi connectivity index (χ0) is 13.0. The highest BCUT2D eigenvalue weighted by Crippen LogP contribution is 2.38. The molecule has 0 atom stereocenters. The maximum Gasteiger partial charge on any atom is 0.168 e. The lowest BCUT2D eigenvalue weighted by Gasteiger charge is -2.19. The number of nitrogens with two attached hydrogens (primary N) is 1. The van der Waals surface area contributed by atoms with E-state index in [9.17, 15) is 0 Å². The van der Waals surface area contributed by atoms with Crippen LogP contribution in [0, 0.1) is 0 Å². The molecule has 0 aliphatic heterocycles. The van der Waals surface area contributed by atoms with Crippen molar-refractivity contribution in [3.8, 4) is 11.5 Å². The van der Waals surface area contributed by atoms with Gasteiger partial charge in [0.25, 0.3) is 0 Å². The molecule has 1 saturated carbocycles. The molecule has 1 aliphatic rings. The Morgan fingerprint density at radius 1 is 1.33 bits per heavy atom. The minimum absolute atomic E-state index is 0.206. The Kier molecular flexibility index (Phi) is 4.69. The van der Waals surface area contributed by atoms with Gasteiger partial charge in [-0.3, -0.25) is 4.84 Å². The number of methoxy groups -OCH3 is 1. The van der Waals surface area contributed by atoms with E-state index in [0.717, 1.165) is 18.4 Å². The van der Waals surface area contributed by atoms with Crippen LogP contribution in [0.15, 0.2) is 12.1 Å². The summed E-state index contributed by atoms with van der Waals surface area (Å²) in [7, 11) is 1.61. The van der Waals surface area contributed by atoms with Gasteiger partial charge in [-0.2, -0.15) is 0 Å². The van der Waals surface area contributed by atoms with Crippen LogP contribution in [0.3, 0.4) is 0 Å². The van der Waals surface area contributed by atoms with E-state index in [1.54, 1.807) is 19.2 Å². The second-order valence-corrected chi connectivity index (χ2v) is 4.80. The molecule has 4 nitrogen and oxygen atoms in total. The van der Waals surface area contributed by atoms with E-state index in [0.29, 0.717) is 16.5 Å². The molecule has 18 heavy (non-hydrogen) atoms. The quantitative estimate of drug-likeness (QED) is 0.837. The van der Waals surface area contributed by atoms with E-state index in [1.165, 1.54) is 12.8 Å². The van der Waals surface area contributed by atoms with Gasteiger partial charge in [0.15, 0.2) is 11.5 Å². The predicted octanol–water partition coefficient (Wildman–Crippen LogP) is 3.06. The Hall–Kier alpha value is -0.970. The molecule has 2 rings (SSSR count). The highest BCUT2D eigenvalue weighted by Gasteiger charge is 2.22. The van der Waals surface area contributed by atoms with Gasteiger partial charge in [-0.25, -0.2) is 5.90 Å². The summed E-state index contributed by atoms with van der Waals surface area (Å²) in [4.78, 5) is 4.69. The molecule has 100 valence electrons. The molecular weight excluding hydrogens is 254 g/mol. The molecule has 2 N–H and O–H groups in total. The first-order valence-corrected chi connectivity index (χ1v) is 6.47. The second-order valence-electron chi connectivity index (χ2n) is 4.39. The number of ether oxygens (including phenoxy) is 2. The monoisotopic (exact) mass is 271 g/mol. The third-order valence-corrected chi connectivity index (χ3v) is 3.56. The van der Waals surface area contributed by atoms with Crippen LogP contribution in [-0.2, 0) is 11.4 Å².